The summed E-state index contributed by atoms with van der Waals surface area (Å²) in [6.45, 7) is 4.22. The van der Waals surface area contributed by atoms with Crippen LogP contribution in [-0.2, 0) is 0 Å². The molecule has 0 aliphatic carbocycles. The van der Waals surface area contributed by atoms with Gasteiger partial charge in [0.15, 0.2) is 0 Å². The Bertz CT molecular complexity index is 404. The Morgan fingerprint density at radius 2 is 1.94 bits per heavy atom. The lowest BCUT2D eigenvalue weighted by Gasteiger charge is -2.18. The molecular weight excluding hydrogens is 252 g/mol. The van der Waals surface area contributed by atoms with E-state index in [-0.39, 0.29) is 16.7 Å². The minimum absolute atomic E-state index is 0.0802. The largest absolute Gasteiger partial charge is 0.377 e. The van der Waals surface area contributed by atoms with Crippen LogP contribution in [0.15, 0.2) is 18.2 Å². The molecule has 0 saturated carbocycles. The molecule has 0 unspecified atom stereocenters. The van der Waals surface area contributed by atoms with Crippen molar-refractivity contribution in [3.05, 3.63) is 33.3 Å². The standard InChI is InChI=1S/C13H19ClN2O2/c1-3-5-11(6-4-2)15-12-9-10(14)7-8-13(12)16(17)18/h7-9,11,15H,3-6H2,1-2H3. The molecule has 0 bridgehead atoms. The fourth-order valence-electron chi connectivity index (χ4n) is 1.99. The quantitative estimate of drug-likeness (QED) is 0.580. The summed E-state index contributed by atoms with van der Waals surface area (Å²) in [4.78, 5) is 10.6. The van der Waals surface area contributed by atoms with Crippen LogP contribution in [0.4, 0.5) is 11.4 Å². The molecule has 1 rings (SSSR count). The monoisotopic (exact) mass is 270 g/mol. The highest BCUT2D eigenvalue weighted by atomic mass is 35.5. The van der Waals surface area contributed by atoms with Gasteiger partial charge in [-0.15, -0.1) is 0 Å². The number of benzene rings is 1. The molecule has 0 aliphatic heterocycles. The summed E-state index contributed by atoms with van der Waals surface area (Å²) in [5.74, 6) is 0. The summed E-state index contributed by atoms with van der Waals surface area (Å²) in [5, 5.41) is 14.7. The second-order valence-corrected chi connectivity index (χ2v) is 4.77. The first-order valence-corrected chi connectivity index (χ1v) is 6.66. The van der Waals surface area contributed by atoms with Crippen molar-refractivity contribution in [1.29, 1.82) is 0 Å². The number of nitrogens with one attached hydrogen (secondary N) is 1. The number of hydrogen-bond donors (Lipinski definition) is 1. The zero-order valence-corrected chi connectivity index (χ0v) is 11.5. The molecule has 1 aromatic rings. The Morgan fingerprint density at radius 3 is 2.44 bits per heavy atom. The van der Waals surface area contributed by atoms with E-state index in [0.717, 1.165) is 25.7 Å². The average molecular weight is 271 g/mol. The van der Waals surface area contributed by atoms with Gasteiger partial charge < -0.3 is 5.32 Å². The van der Waals surface area contributed by atoms with E-state index in [4.69, 9.17) is 11.6 Å². The van der Waals surface area contributed by atoms with Crippen molar-refractivity contribution in [2.75, 3.05) is 5.32 Å². The van der Waals surface area contributed by atoms with Crippen LogP contribution in [0, 0.1) is 10.1 Å². The summed E-state index contributed by atoms with van der Waals surface area (Å²) in [6, 6.07) is 4.87. The van der Waals surface area contributed by atoms with Gasteiger partial charge in [-0.1, -0.05) is 38.3 Å². The summed E-state index contributed by atoms with van der Waals surface area (Å²) in [7, 11) is 0. The zero-order valence-electron chi connectivity index (χ0n) is 10.8. The molecular formula is C13H19ClN2O2. The van der Waals surface area contributed by atoms with Crippen LogP contribution in [-0.4, -0.2) is 11.0 Å². The second-order valence-electron chi connectivity index (χ2n) is 4.34. The first-order valence-electron chi connectivity index (χ1n) is 6.29. The first-order chi connectivity index (χ1) is 8.58. The van der Waals surface area contributed by atoms with E-state index in [0.29, 0.717) is 10.7 Å². The van der Waals surface area contributed by atoms with Crippen molar-refractivity contribution in [3.8, 4) is 0 Å². The second kappa shape index (κ2) is 7.21. The topological polar surface area (TPSA) is 55.2 Å². The molecule has 1 aromatic carbocycles. The normalized spacial score (nSPS) is 10.7. The molecule has 5 heteroatoms. The summed E-state index contributed by atoms with van der Waals surface area (Å²) in [6.07, 6.45) is 4.09. The predicted octanol–water partition coefficient (Wildman–Crippen LogP) is 4.63. The smallest absolute Gasteiger partial charge is 0.292 e. The van der Waals surface area contributed by atoms with E-state index in [1.807, 2.05) is 0 Å². The van der Waals surface area contributed by atoms with Gasteiger partial charge >= 0.3 is 0 Å². The van der Waals surface area contributed by atoms with Gasteiger partial charge in [0.2, 0.25) is 0 Å². The summed E-state index contributed by atoms with van der Waals surface area (Å²) < 4.78 is 0. The molecule has 0 fully saturated rings. The molecule has 18 heavy (non-hydrogen) atoms. The van der Waals surface area contributed by atoms with Crippen molar-refractivity contribution < 1.29 is 4.92 Å². The molecule has 0 aliphatic rings. The van der Waals surface area contributed by atoms with Crippen molar-refractivity contribution in [3.63, 3.8) is 0 Å². The van der Waals surface area contributed by atoms with Crippen molar-refractivity contribution in [2.45, 2.75) is 45.6 Å². The van der Waals surface area contributed by atoms with Crippen LogP contribution in [0.2, 0.25) is 5.02 Å². The average Bonchev–Trinajstić information content (AvgIpc) is 2.29. The van der Waals surface area contributed by atoms with Gasteiger partial charge in [0, 0.05) is 17.1 Å². The lowest BCUT2D eigenvalue weighted by molar-refractivity contribution is -0.384. The number of anilines is 1. The molecule has 0 radical (unpaired) electrons. The van der Waals surface area contributed by atoms with E-state index in [2.05, 4.69) is 19.2 Å². The fourth-order valence-corrected chi connectivity index (χ4v) is 2.16. The van der Waals surface area contributed by atoms with Crippen LogP contribution in [0.5, 0.6) is 0 Å². The molecule has 0 heterocycles. The number of nitro benzene ring substituents is 1. The van der Waals surface area contributed by atoms with Crippen LogP contribution in [0.3, 0.4) is 0 Å². The first kappa shape index (κ1) is 14.8. The molecule has 1 N–H and O–H groups in total. The van der Waals surface area contributed by atoms with Gasteiger partial charge in [-0.2, -0.15) is 0 Å². The molecule has 100 valence electrons. The van der Waals surface area contributed by atoms with Crippen molar-refractivity contribution in [2.24, 2.45) is 0 Å². The number of hydrogen-bond acceptors (Lipinski definition) is 3. The Kier molecular flexibility index (Phi) is 5.92. The summed E-state index contributed by atoms with van der Waals surface area (Å²) in [5.41, 5.74) is 0.594. The Labute approximate surface area is 112 Å². The molecule has 0 spiro atoms. The maximum absolute atomic E-state index is 11.0. The molecule has 4 nitrogen and oxygen atoms in total. The highest BCUT2D eigenvalue weighted by Gasteiger charge is 2.16. The fraction of sp³-hybridized carbons (Fsp3) is 0.538. The number of nitrogens with zero attached hydrogens (tertiary/aromatic N) is 1. The lowest BCUT2D eigenvalue weighted by atomic mass is 10.1. The number of nitro groups is 1. The third kappa shape index (κ3) is 4.18. The third-order valence-electron chi connectivity index (χ3n) is 2.79. The van der Waals surface area contributed by atoms with Crippen LogP contribution < -0.4 is 5.32 Å². The Hall–Kier alpha value is -1.29. The van der Waals surface area contributed by atoms with Crippen molar-refractivity contribution in [1.82, 2.24) is 0 Å². The van der Waals surface area contributed by atoms with Crippen LogP contribution in [0.25, 0.3) is 0 Å². The minimum atomic E-state index is -0.381. The van der Waals surface area contributed by atoms with Crippen LogP contribution in [0.1, 0.15) is 39.5 Å². The van der Waals surface area contributed by atoms with E-state index < -0.39 is 0 Å². The van der Waals surface area contributed by atoms with Crippen molar-refractivity contribution >= 4 is 23.0 Å². The molecule has 0 aromatic heterocycles. The SMILES string of the molecule is CCCC(CCC)Nc1cc(Cl)ccc1[N+](=O)[O-]. The van der Waals surface area contributed by atoms with Gasteiger partial charge in [0.25, 0.3) is 5.69 Å². The Balaban J connectivity index is 2.92. The minimum Gasteiger partial charge on any atom is -0.377 e. The number of halogens is 1. The van der Waals surface area contributed by atoms with Gasteiger partial charge in [0.05, 0.1) is 4.92 Å². The van der Waals surface area contributed by atoms with Gasteiger partial charge in [0.1, 0.15) is 5.69 Å². The van der Waals surface area contributed by atoms with Crippen LogP contribution >= 0.6 is 11.6 Å². The molecule has 0 amide bonds. The lowest BCUT2D eigenvalue weighted by Crippen LogP contribution is -2.19. The number of rotatable bonds is 7. The highest BCUT2D eigenvalue weighted by molar-refractivity contribution is 6.31. The summed E-state index contributed by atoms with van der Waals surface area (Å²) >= 11 is 5.90. The maximum Gasteiger partial charge on any atom is 0.292 e. The van der Waals surface area contributed by atoms with Gasteiger partial charge in [-0.25, -0.2) is 0 Å². The molecule has 0 atom stereocenters. The maximum atomic E-state index is 11.0. The Morgan fingerprint density at radius 1 is 1.33 bits per heavy atom. The van der Waals surface area contributed by atoms with E-state index in [1.54, 1.807) is 12.1 Å². The zero-order chi connectivity index (χ0) is 13.5. The van der Waals surface area contributed by atoms with Gasteiger partial charge in [-0.05, 0) is 25.0 Å². The van der Waals surface area contributed by atoms with E-state index in [1.165, 1.54) is 6.07 Å². The predicted molar refractivity (Wildman–Crippen MR) is 75.3 cm³/mol. The van der Waals surface area contributed by atoms with Gasteiger partial charge in [-0.3, -0.25) is 10.1 Å². The molecule has 0 saturated heterocycles. The van der Waals surface area contributed by atoms with E-state index in [9.17, 15) is 10.1 Å². The third-order valence-corrected chi connectivity index (χ3v) is 3.02. The highest BCUT2D eigenvalue weighted by Crippen LogP contribution is 2.29. The van der Waals surface area contributed by atoms with E-state index >= 15 is 0 Å².